The summed E-state index contributed by atoms with van der Waals surface area (Å²) in [6.45, 7) is 4.00. The standard InChI is InChI=1S/C27H26F3N5O/c1-4-17-14-19-25(32-33(3)26(19)16-12-20(28)24(30)21(29)13-16)22(5-2)35(17)27(36)18-8-6-7-9-23(18)34-11-10-31-15-34/h6-13,15,17,22H,4-5,14H2,1-3H3. The zero-order valence-electron chi connectivity index (χ0n) is 20.3. The topological polar surface area (TPSA) is 56.0 Å². The molecule has 1 aliphatic heterocycles. The number of para-hydroxylation sites is 1. The molecule has 0 bridgehead atoms. The van der Waals surface area contributed by atoms with Crippen LogP contribution >= 0.6 is 0 Å². The maximum atomic E-state index is 14.1. The van der Waals surface area contributed by atoms with Crippen LogP contribution in [0, 0.1) is 17.5 Å². The molecule has 1 aliphatic rings. The third-order valence-electron chi connectivity index (χ3n) is 6.93. The van der Waals surface area contributed by atoms with Crippen molar-refractivity contribution >= 4 is 5.91 Å². The van der Waals surface area contributed by atoms with Gasteiger partial charge in [0.25, 0.3) is 5.91 Å². The molecule has 2 atom stereocenters. The van der Waals surface area contributed by atoms with Gasteiger partial charge in [-0.15, -0.1) is 0 Å². The Morgan fingerprint density at radius 3 is 2.44 bits per heavy atom. The SMILES string of the molecule is CCC1Cc2c(nn(C)c2-c2cc(F)c(F)c(F)c2)C(CC)N1C(=O)c1ccccc1-n1ccnc1. The minimum Gasteiger partial charge on any atom is -0.327 e. The quantitative estimate of drug-likeness (QED) is 0.339. The number of fused-ring (bicyclic) bond motifs is 1. The molecular weight excluding hydrogens is 467 g/mol. The molecule has 0 aliphatic carbocycles. The van der Waals surface area contributed by atoms with Gasteiger partial charge in [-0.2, -0.15) is 5.10 Å². The Kier molecular flexibility index (Phi) is 6.15. The second kappa shape index (κ2) is 9.29. The van der Waals surface area contributed by atoms with Crippen molar-refractivity contribution in [1.82, 2.24) is 24.2 Å². The highest BCUT2D eigenvalue weighted by molar-refractivity contribution is 5.98. The Morgan fingerprint density at radius 1 is 1.08 bits per heavy atom. The summed E-state index contributed by atoms with van der Waals surface area (Å²) in [5.41, 5.74) is 3.55. The van der Waals surface area contributed by atoms with Crippen molar-refractivity contribution in [3.8, 4) is 16.9 Å². The van der Waals surface area contributed by atoms with Crippen LogP contribution in [0.5, 0.6) is 0 Å². The van der Waals surface area contributed by atoms with E-state index < -0.39 is 17.5 Å². The van der Waals surface area contributed by atoms with Gasteiger partial charge in [-0.3, -0.25) is 9.48 Å². The van der Waals surface area contributed by atoms with Gasteiger partial charge in [-0.25, -0.2) is 18.2 Å². The summed E-state index contributed by atoms with van der Waals surface area (Å²) in [5.74, 6) is -4.11. The number of nitrogens with zero attached hydrogens (tertiary/aromatic N) is 5. The summed E-state index contributed by atoms with van der Waals surface area (Å²) < 4.78 is 45.2. The van der Waals surface area contributed by atoms with Gasteiger partial charge in [0.05, 0.1) is 35.0 Å². The highest BCUT2D eigenvalue weighted by Gasteiger charge is 2.40. The summed E-state index contributed by atoms with van der Waals surface area (Å²) in [7, 11) is 1.70. The fraction of sp³-hybridized carbons (Fsp3) is 0.296. The summed E-state index contributed by atoms with van der Waals surface area (Å²) >= 11 is 0. The summed E-state index contributed by atoms with van der Waals surface area (Å²) in [5, 5.41) is 4.70. The molecule has 2 unspecified atom stereocenters. The van der Waals surface area contributed by atoms with Gasteiger partial charge < -0.3 is 9.47 Å². The maximum absolute atomic E-state index is 14.1. The molecular formula is C27H26F3N5O. The van der Waals surface area contributed by atoms with E-state index >= 15 is 0 Å². The molecule has 36 heavy (non-hydrogen) atoms. The molecule has 0 spiro atoms. The zero-order valence-corrected chi connectivity index (χ0v) is 20.3. The number of aromatic nitrogens is 4. The van der Waals surface area contributed by atoms with Crippen molar-refractivity contribution in [2.45, 2.75) is 45.2 Å². The Hall–Kier alpha value is -3.88. The summed E-state index contributed by atoms with van der Waals surface area (Å²) in [4.78, 5) is 20.1. The van der Waals surface area contributed by atoms with Crippen molar-refractivity contribution < 1.29 is 18.0 Å². The van der Waals surface area contributed by atoms with Crippen LogP contribution < -0.4 is 0 Å². The number of benzene rings is 2. The molecule has 0 saturated heterocycles. The van der Waals surface area contributed by atoms with Gasteiger partial charge in [0.1, 0.15) is 0 Å². The monoisotopic (exact) mass is 493 g/mol. The summed E-state index contributed by atoms with van der Waals surface area (Å²) in [6.07, 6.45) is 6.85. The number of carbonyl (C=O) groups is 1. The largest absolute Gasteiger partial charge is 0.327 e. The van der Waals surface area contributed by atoms with Crippen LogP contribution in [0.4, 0.5) is 13.2 Å². The zero-order chi connectivity index (χ0) is 25.6. The van der Waals surface area contributed by atoms with Gasteiger partial charge in [0.15, 0.2) is 17.5 Å². The Morgan fingerprint density at radius 2 is 1.81 bits per heavy atom. The molecule has 2 aromatic heterocycles. The lowest BCUT2D eigenvalue weighted by atomic mass is 9.87. The molecule has 0 fully saturated rings. The normalized spacial score (nSPS) is 17.3. The molecule has 3 heterocycles. The number of carbonyl (C=O) groups excluding carboxylic acids is 1. The Labute approximate surface area is 207 Å². The number of amides is 1. The third-order valence-corrected chi connectivity index (χ3v) is 6.93. The van der Waals surface area contributed by atoms with E-state index in [0.29, 0.717) is 36.2 Å². The van der Waals surface area contributed by atoms with Crippen LogP contribution in [-0.2, 0) is 13.5 Å². The molecule has 0 radical (unpaired) electrons. The highest BCUT2D eigenvalue weighted by atomic mass is 19.2. The number of imidazole rings is 1. The minimum absolute atomic E-state index is 0.116. The number of aryl methyl sites for hydroxylation is 1. The second-order valence-electron chi connectivity index (χ2n) is 8.98. The van der Waals surface area contributed by atoms with Crippen LogP contribution in [0.3, 0.4) is 0 Å². The molecule has 1 amide bonds. The van der Waals surface area contributed by atoms with E-state index in [2.05, 4.69) is 4.98 Å². The van der Waals surface area contributed by atoms with Gasteiger partial charge in [-0.05, 0) is 43.5 Å². The van der Waals surface area contributed by atoms with Crippen molar-refractivity contribution in [2.24, 2.45) is 7.05 Å². The molecule has 6 nitrogen and oxygen atoms in total. The smallest absolute Gasteiger partial charge is 0.256 e. The van der Waals surface area contributed by atoms with Crippen LogP contribution in [0.1, 0.15) is 54.3 Å². The first kappa shape index (κ1) is 23.8. The van der Waals surface area contributed by atoms with Crippen LogP contribution in [-0.4, -0.2) is 36.2 Å². The average Bonchev–Trinajstić information content (AvgIpc) is 3.53. The molecule has 4 aromatic rings. The van der Waals surface area contributed by atoms with Gasteiger partial charge in [0, 0.05) is 36.6 Å². The van der Waals surface area contributed by atoms with E-state index in [9.17, 15) is 18.0 Å². The number of halogens is 3. The van der Waals surface area contributed by atoms with Gasteiger partial charge >= 0.3 is 0 Å². The van der Waals surface area contributed by atoms with Crippen molar-refractivity contribution in [1.29, 1.82) is 0 Å². The first-order valence-corrected chi connectivity index (χ1v) is 12.0. The fourth-order valence-electron chi connectivity index (χ4n) is 5.29. The molecule has 9 heteroatoms. The predicted octanol–water partition coefficient (Wildman–Crippen LogP) is 5.62. The predicted molar refractivity (Wildman–Crippen MR) is 129 cm³/mol. The van der Waals surface area contributed by atoms with Crippen LogP contribution in [0.25, 0.3) is 16.9 Å². The van der Waals surface area contributed by atoms with E-state index in [4.69, 9.17) is 5.10 Å². The number of hydrogen-bond donors (Lipinski definition) is 0. The van der Waals surface area contributed by atoms with Crippen molar-refractivity contribution in [3.63, 3.8) is 0 Å². The van der Waals surface area contributed by atoms with Crippen molar-refractivity contribution in [3.05, 3.63) is 89.4 Å². The molecule has 0 saturated carbocycles. The lowest BCUT2D eigenvalue weighted by molar-refractivity contribution is 0.0513. The lowest BCUT2D eigenvalue weighted by Crippen LogP contribution is -2.47. The minimum atomic E-state index is -1.50. The van der Waals surface area contributed by atoms with Gasteiger partial charge in [0.2, 0.25) is 0 Å². The number of hydrogen-bond acceptors (Lipinski definition) is 3. The maximum Gasteiger partial charge on any atom is 0.256 e. The van der Waals surface area contributed by atoms with Gasteiger partial charge in [-0.1, -0.05) is 26.0 Å². The molecule has 0 N–H and O–H groups in total. The van der Waals surface area contributed by atoms with Crippen LogP contribution in [0.2, 0.25) is 0 Å². The van der Waals surface area contributed by atoms with E-state index in [1.54, 1.807) is 41.1 Å². The third kappa shape index (κ3) is 3.79. The first-order valence-electron chi connectivity index (χ1n) is 12.0. The Balaban J connectivity index is 1.62. The highest BCUT2D eigenvalue weighted by Crippen LogP contribution is 2.41. The molecule has 186 valence electrons. The van der Waals surface area contributed by atoms with Crippen LogP contribution in [0.15, 0.2) is 55.1 Å². The average molecular weight is 494 g/mol. The van der Waals surface area contributed by atoms with E-state index in [1.165, 1.54) is 0 Å². The second-order valence-corrected chi connectivity index (χ2v) is 8.98. The van der Waals surface area contributed by atoms with E-state index in [-0.39, 0.29) is 23.6 Å². The lowest BCUT2D eigenvalue weighted by Gasteiger charge is -2.41. The number of rotatable bonds is 5. The Bertz CT molecular complexity index is 1410. The molecule has 5 rings (SSSR count). The van der Waals surface area contributed by atoms with Crippen molar-refractivity contribution in [2.75, 3.05) is 0 Å². The van der Waals surface area contributed by atoms with E-state index in [1.807, 2.05) is 36.9 Å². The first-order chi connectivity index (χ1) is 17.3. The van der Waals surface area contributed by atoms with E-state index in [0.717, 1.165) is 23.4 Å². The fourth-order valence-corrected chi connectivity index (χ4v) is 5.29. The summed E-state index contributed by atoms with van der Waals surface area (Å²) in [6, 6.07) is 8.89. The molecule has 2 aromatic carbocycles.